The molecular formula is C18H16FN3O2. The SMILES string of the molecule is O=C(NN=Cc1ccc(F)cc1)c1ccc(NC(=O)C2CC2)cc1. The molecule has 0 aliphatic heterocycles. The molecule has 0 spiro atoms. The van der Waals surface area contributed by atoms with Gasteiger partial charge in [-0.2, -0.15) is 5.10 Å². The predicted molar refractivity (Wildman–Crippen MR) is 89.3 cm³/mol. The highest BCUT2D eigenvalue weighted by molar-refractivity contribution is 5.97. The zero-order chi connectivity index (χ0) is 16.9. The lowest BCUT2D eigenvalue weighted by Gasteiger charge is -2.05. The highest BCUT2D eigenvalue weighted by Gasteiger charge is 2.29. The van der Waals surface area contributed by atoms with Crippen LogP contribution in [0.5, 0.6) is 0 Å². The predicted octanol–water partition coefficient (Wildman–Crippen LogP) is 2.94. The monoisotopic (exact) mass is 325 g/mol. The van der Waals surface area contributed by atoms with Crippen LogP contribution in [0.3, 0.4) is 0 Å². The zero-order valence-electron chi connectivity index (χ0n) is 12.8. The number of rotatable bonds is 5. The second-order valence-corrected chi connectivity index (χ2v) is 5.59. The van der Waals surface area contributed by atoms with Gasteiger partial charge in [-0.3, -0.25) is 9.59 Å². The van der Waals surface area contributed by atoms with Crippen LogP contribution in [0.2, 0.25) is 0 Å². The molecule has 0 unspecified atom stereocenters. The second-order valence-electron chi connectivity index (χ2n) is 5.59. The van der Waals surface area contributed by atoms with Gasteiger partial charge in [0, 0.05) is 17.2 Å². The van der Waals surface area contributed by atoms with Crippen LogP contribution in [0.15, 0.2) is 53.6 Å². The maximum Gasteiger partial charge on any atom is 0.271 e. The number of halogens is 1. The van der Waals surface area contributed by atoms with Gasteiger partial charge in [0.1, 0.15) is 5.82 Å². The molecule has 0 radical (unpaired) electrons. The molecule has 2 amide bonds. The van der Waals surface area contributed by atoms with Crippen LogP contribution in [0.4, 0.5) is 10.1 Å². The molecule has 0 bridgehead atoms. The van der Waals surface area contributed by atoms with Gasteiger partial charge < -0.3 is 5.32 Å². The van der Waals surface area contributed by atoms with E-state index in [-0.39, 0.29) is 23.5 Å². The van der Waals surface area contributed by atoms with E-state index in [1.807, 2.05) is 0 Å². The van der Waals surface area contributed by atoms with Crippen molar-refractivity contribution in [2.75, 3.05) is 5.32 Å². The summed E-state index contributed by atoms with van der Waals surface area (Å²) in [5.41, 5.74) is 4.17. The highest BCUT2D eigenvalue weighted by atomic mass is 19.1. The van der Waals surface area contributed by atoms with E-state index < -0.39 is 0 Å². The van der Waals surface area contributed by atoms with E-state index in [0.717, 1.165) is 12.8 Å². The molecule has 122 valence electrons. The maximum atomic E-state index is 12.8. The Bertz CT molecular complexity index is 766. The van der Waals surface area contributed by atoms with Crippen LogP contribution in [-0.2, 0) is 4.79 Å². The van der Waals surface area contributed by atoms with Crippen LogP contribution in [0.25, 0.3) is 0 Å². The minimum Gasteiger partial charge on any atom is -0.326 e. The van der Waals surface area contributed by atoms with Crippen LogP contribution in [0.1, 0.15) is 28.8 Å². The van der Waals surface area contributed by atoms with Crippen molar-refractivity contribution in [3.63, 3.8) is 0 Å². The molecule has 0 aromatic heterocycles. The summed E-state index contributed by atoms with van der Waals surface area (Å²) in [6.07, 6.45) is 3.32. The number of amides is 2. The van der Waals surface area contributed by atoms with Gasteiger partial charge in [-0.1, -0.05) is 12.1 Å². The molecule has 2 aromatic rings. The fourth-order valence-electron chi connectivity index (χ4n) is 2.07. The molecule has 2 N–H and O–H groups in total. The van der Waals surface area contributed by atoms with E-state index in [2.05, 4.69) is 15.8 Å². The van der Waals surface area contributed by atoms with Gasteiger partial charge in [-0.25, -0.2) is 9.82 Å². The van der Waals surface area contributed by atoms with Gasteiger partial charge in [0.2, 0.25) is 5.91 Å². The summed E-state index contributed by atoms with van der Waals surface area (Å²) in [7, 11) is 0. The fraction of sp³-hybridized carbons (Fsp3) is 0.167. The van der Waals surface area contributed by atoms with Crippen LogP contribution in [-0.4, -0.2) is 18.0 Å². The number of nitrogens with one attached hydrogen (secondary N) is 2. The number of carbonyl (C=O) groups is 2. The van der Waals surface area contributed by atoms with Gasteiger partial charge in [-0.05, 0) is 54.8 Å². The van der Waals surface area contributed by atoms with Gasteiger partial charge in [-0.15, -0.1) is 0 Å². The van der Waals surface area contributed by atoms with Crippen molar-refractivity contribution in [2.45, 2.75) is 12.8 Å². The molecule has 0 saturated heterocycles. The Hall–Kier alpha value is -3.02. The average molecular weight is 325 g/mol. The molecule has 1 fully saturated rings. The molecule has 5 nitrogen and oxygen atoms in total. The summed E-state index contributed by atoms with van der Waals surface area (Å²) >= 11 is 0. The third kappa shape index (κ3) is 4.25. The largest absolute Gasteiger partial charge is 0.326 e. The molecule has 6 heteroatoms. The van der Waals surface area contributed by atoms with Gasteiger partial charge in [0.05, 0.1) is 6.21 Å². The first-order valence-electron chi connectivity index (χ1n) is 7.62. The quantitative estimate of drug-likeness (QED) is 0.655. The molecule has 0 atom stereocenters. The van der Waals surface area contributed by atoms with Crippen molar-refractivity contribution in [1.82, 2.24) is 5.43 Å². The van der Waals surface area contributed by atoms with E-state index in [0.29, 0.717) is 16.8 Å². The normalized spacial score (nSPS) is 13.7. The Kier molecular flexibility index (Phi) is 4.65. The van der Waals surface area contributed by atoms with Crippen molar-refractivity contribution in [2.24, 2.45) is 11.0 Å². The van der Waals surface area contributed by atoms with E-state index in [4.69, 9.17) is 0 Å². The van der Waals surface area contributed by atoms with E-state index in [1.54, 1.807) is 36.4 Å². The van der Waals surface area contributed by atoms with E-state index in [9.17, 15) is 14.0 Å². The van der Waals surface area contributed by atoms with Crippen molar-refractivity contribution >= 4 is 23.7 Å². The minimum atomic E-state index is -0.367. The van der Waals surface area contributed by atoms with E-state index >= 15 is 0 Å². The van der Waals surface area contributed by atoms with E-state index in [1.165, 1.54) is 18.3 Å². The number of hydrogen-bond donors (Lipinski definition) is 2. The third-order valence-corrected chi connectivity index (χ3v) is 3.61. The number of carbonyl (C=O) groups excluding carboxylic acids is 2. The Morgan fingerprint density at radius 3 is 2.33 bits per heavy atom. The van der Waals surface area contributed by atoms with Crippen molar-refractivity contribution in [1.29, 1.82) is 0 Å². The van der Waals surface area contributed by atoms with Crippen molar-refractivity contribution < 1.29 is 14.0 Å². The summed E-state index contributed by atoms with van der Waals surface area (Å²) in [5.74, 6) is -0.539. The van der Waals surface area contributed by atoms with Crippen LogP contribution < -0.4 is 10.7 Å². The number of benzene rings is 2. The molecule has 1 saturated carbocycles. The summed E-state index contributed by atoms with van der Waals surface area (Å²) < 4.78 is 12.8. The Morgan fingerprint density at radius 2 is 1.71 bits per heavy atom. The minimum absolute atomic E-state index is 0.0242. The Labute approximate surface area is 138 Å². The molecule has 1 aliphatic rings. The topological polar surface area (TPSA) is 70.6 Å². The summed E-state index contributed by atoms with van der Waals surface area (Å²) in [6.45, 7) is 0. The Morgan fingerprint density at radius 1 is 1.04 bits per heavy atom. The Balaban J connectivity index is 1.54. The number of nitrogens with zero attached hydrogens (tertiary/aromatic N) is 1. The first-order chi connectivity index (χ1) is 11.6. The maximum absolute atomic E-state index is 12.8. The lowest BCUT2D eigenvalue weighted by Crippen LogP contribution is -2.18. The van der Waals surface area contributed by atoms with Gasteiger partial charge in [0.15, 0.2) is 0 Å². The fourth-order valence-corrected chi connectivity index (χ4v) is 2.07. The zero-order valence-corrected chi connectivity index (χ0v) is 12.8. The third-order valence-electron chi connectivity index (χ3n) is 3.61. The van der Waals surface area contributed by atoms with Crippen LogP contribution >= 0.6 is 0 Å². The van der Waals surface area contributed by atoms with Crippen molar-refractivity contribution in [3.05, 3.63) is 65.5 Å². The smallest absolute Gasteiger partial charge is 0.271 e. The lowest BCUT2D eigenvalue weighted by molar-refractivity contribution is -0.117. The van der Waals surface area contributed by atoms with Gasteiger partial charge in [0.25, 0.3) is 5.91 Å². The molecular weight excluding hydrogens is 309 g/mol. The summed E-state index contributed by atoms with van der Waals surface area (Å²) in [6, 6.07) is 12.3. The number of hydrazone groups is 1. The first kappa shape index (κ1) is 15.9. The molecule has 2 aromatic carbocycles. The molecule has 0 heterocycles. The molecule has 3 rings (SSSR count). The van der Waals surface area contributed by atoms with Gasteiger partial charge >= 0.3 is 0 Å². The van der Waals surface area contributed by atoms with Crippen molar-refractivity contribution in [3.8, 4) is 0 Å². The molecule has 1 aliphatic carbocycles. The second kappa shape index (κ2) is 7.04. The standard InChI is InChI=1S/C18H16FN3O2/c19-15-7-1-12(2-8-15)11-20-22-18(24)14-5-9-16(10-6-14)21-17(23)13-3-4-13/h1-2,5-11,13H,3-4H2,(H,21,23)(H,22,24). The summed E-state index contributed by atoms with van der Waals surface area (Å²) in [5, 5.41) is 6.64. The summed E-state index contributed by atoms with van der Waals surface area (Å²) in [4.78, 5) is 23.6. The number of anilines is 1. The van der Waals surface area contributed by atoms with Crippen LogP contribution in [0, 0.1) is 11.7 Å². The number of hydrogen-bond acceptors (Lipinski definition) is 3. The lowest BCUT2D eigenvalue weighted by atomic mass is 10.2. The average Bonchev–Trinajstić information content (AvgIpc) is 3.42. The first-order valence-corrected chi connectivity index (χ1v) is 7.62. The molecule has 24 heavy (non-hydrogen) atoms. The highest BCUT2D eigenvalue weighted by Crippen LogP contribution is 2.30.